The van der Waals surface area contributed by atoms with Crippen molar-refractivity contribution in [2.45, 2.75) is 47.5 Å². The molecule has 2 aromatic carbocycles. The number of phenols is 1. The van der Waals surface area contributed by atoms with Crippen molar-refractivity contribution in [3.8, 4) is 5.75 Å². The van der Waals surface area contributed by atoms with Crippen molar-refractivity contribution in [1.82, 2.24) is 0 Å². The highest BCUT2D eigenvalue weighted by Crippen LogP contribution is 2.09. The van der Waals surface area contributed by atoms with E-state index in [1.165, 1.54) is 12.0 Å². The molecule has 2 aromatic rings. The number of hydrogen-bond acceptors (Lipinski definition) is 1. The van der Waals surface area contributed by atoms with E-state index in [2.05, 4.69) is 20.8 Å². The van der Waals surface area contributed by atoms with E-state index in [-0.39, 0.29) is 0 Å². The fourth-order valence-corrected chi connectivity index (χ4v) is 1.12. The molecule has 0 aromatic heterocycles. The van der Waals surface area contributed by atoms with Crippen LogP contribution in [-0.4, -0.2) is 5.11 Å². The summed E-state index contributed by atoms with van der Waals surface area (Å²) in [6.45, 7) is 10.3. The van der Waals surface area contributed by atoms with Crippen LogP contribution in [0.5, 0.6) is 5.75 Å². The highest BCUT2D eigenvalue weighted by molar-refractivity contribution is 5.25. The molecule has 2 rings (SSSR count). The lowest BCUT2D eigenvalue weighted by Gasteiger charge is -1.93. The van der Waals surface area contributed by atoms with Gasteiger partial charge in [0.25, 0.3) is 0 Å². The summed E-state index contributed by atoms with van der Waals surface area (Å²) >= 11 is 0. The molecule has 112 valence electrons. The minimum Gasteiger partial charge on any atom is -0.508 e. The van der Waals surface area contributed by atoms with Crippen molar-refractivity contribution < 1.29 is 5.11 Å². The minimum absolute atomic E-state index is 0.340. The molecule has 20 heavy (non-hydrogen) atoms. The van der Waals surface area contributed by atoms with Gasteiger partial charge in [-0.2, -0.15) is 0 Å². The van der Waals surface area contributed by atoms with Crippen LogP contribution in [-0.2, 0) is 6.42 Å². The fourth-order valence-electron chi connectivity index (χ4n) is 1.12. The maximum Gasteiger partial charge on any atom is 0.115 e. The van der Waals surface area contributed by atoms with Crippen LogP contribution in [0.4, 0.5) is 0 Å². The summed E-state index contributed by atoms with van der Waals surface area (Å²) in [5.74, 6) is 0.340. The van der Waals surface area contributed by atoms with Gasteiger partial charge in [0, 0.05) is 0 Å². The van der Waals surface area contributed by atoms with Gasteiger partial charge in [-0.25, -0.2) is 0 Å². The molecular weight excluding hydrogens is 244 g/mol. The number of benzene rings is 2. The monoisotopic (exact) mass is 274 g/mol. The average Bonchev–Trinajstić information content (AvgIpc) is 2.53. The van der Waals surface area contributed by atoms with Crippen LogP contribution < -0.4 is 0 Å². The average molecular weight is 274 g/mol. The summed E-state index contributed by atoms with van der Waals surface area (Å²) in [6, 6.07) is 19.3. The zero-order valence-corrected chi connectivity index (χ0v) is 13.6. The Labute approximate surface area is 125 Å². The molecule has 0 atom stereocenters. The minimum atomic E-state index is 0.340. The first-order valence-electron chi connectivity index (χ1n) is 7.52. The Balaban J connectivity index is 0. The second-order valence-corrected chi connectivity index (χ2v) is 3.88. The molecule has 1 nitrogen and oxygen atoms in total. The van der Waals surface area contributed by atoms with Crippen LogP contribution >= 0.6 is 0 Å². The molecule has 0 aliphatic heterocycles. The number of aromatic hydroxyl groups is 1. The van der Waals surface area contributed by atoms with E-state index in [0.29, 0.717) is 5.75 Å². The van der Waals surface area contributed by atoms with Gasteiger partial charge >= 0.3 is 0 Å². The van der Waals surface area contributed by atoms with Gasteiger partial charge < -0.3 is 5.11 Å². The van der Waals surface area contributed by atoms with Crippen molar-refractivity contribution in [3.05, 3.63) is 66.2 Å². The maximum atomic E-state index is 8.85. The third-order valence-corrected chi connectivity index (χ3v) is 2.01. The largest absolute Gasteiger partial charge is 0.508 e. The van der Waals surface area contributed by atoms with Crippen molar-refractivity contribution in [3.63, 3.8) is 0 Å². The summed E-state index contributed by atoms with van der Waals surface area (Å²) in [5, 5.41) is 8.85. The molecule has 0 amide bonds. The lowest BCUT2D eigenvalue weighted by molar-refractivity contribution is 0.475. The standard InChI is InChI=1S/C8H10O.C6H6.C3H8.C2H6/c1-2-7-3-5-8(9)6-4-7;1-2-4-6-5-3-1;1-3-2;1-2/h3-6,9H,2H2,1H3;1-6H;3H2,1-2H3;1-2H3. The van der Waals surface area contributed by atoms with Crippen molar-refractivity contribution in [2.75, 3.05) is 0 Å². The molecule has 1 heteroatoms. The van der Waals surface area contributed by atoms with E-state index < -0.39 is 0 Å². The highest BCUT2D eigenvalue weighted by Gasteiger charge is 1.86. The molecule has 0 aliphatic rings. The van der Waals surface area contributed by atoms with E-state index in [4.69, 9.17) is 5.11 Å². The van der Waals surface area contributed by atoms with Gasteiger partial charge in [0.15, 0.2) is 0 Å². The van der Waals surface area contributed by atoms with Crippen LogP contribution in [0.1, 0.15) is 46.6 Å². The van der Waals surface area contributed by atoms with Crippen LogP contribution in [0.25, 0.3) is 0 Å². The number of hydrogen-bond donors (Lipinski definition) is 1. The van der Waals surface area contributed by atoms with E-state index in [9.17, 15) is 0 Å². The van der Waals surface area contributed by atoms with E-state index in [1.807, 2.05) is 62.4 Å². The van der Waals surface area contributed by atoms with E-state index in [1.54, 1.807) is 12.1 Å². The predicted molar refractivity (Wildman–Crippen MR) is 91.2 cm³/mol. The van der Waals surface area contributed by atoms with Crippen LogP contribution in [0.3, 0.4) is 0 Å². The van der Waals surface area contributed by atoms with Gasteiger partial charge in [0.1, 0.15) is 5.75 Å². The zero-order chi connectivity index (χ0) is 15.6. The quantitative estimate of drug-likeness (QED) is 0.667. The van der Waals surface area contributed by atoms with Gasteiger partial charge in [0.2, 0.25) is 0 Å². The highest BCUT2D eigenvalue weighted by atomic mass is 16.3. The second-order valence-electron chi connectivity index (χ2n) is 3.88. The number of rotatable bonds is 1. The fraction of sp³-hybridized carbons (Fsp3) is 0.368. The van der Waals surface area contributed by atoms with Crippen molar-refractivity contribution >= 4 is 0 Å². The molecule has 0 saturated heterocycles. The summed E-state index contributed by atoms with van der Waals surface area (Å²) < 4.78 is 0. The maximum absolute atomic E-state index is 8.85. The predicted octanol–water partition coefficient (Wildman–Crippen LogP) is 6.08. The molecular formula is C19H30O. The summed E-state index contributed by atoms with van der Waals surface area (Å²) in [6.07, 6.45) is 2.28. The number of phenolic OH excluding ortho intramolecular Hbond substituents is 1. The van der Waals surface area contributed by atoms with Crippen molar-refractivity contribution in [1.29, 1.82) is 0 Å². The Morgan fingerprint density at radius 2 is 1.00 bits per heavy atom. The smallest absolute Gasteiger partial charge is 0.115 e. The van der Waals surface area contributed by atoms with Gasteiger partial charge in [-0.05, 0) is 24.1 Å². The van der Waals surface area contributed by atoms with Crippen LogP contribution in [0.15, 0.2) is 60.7 Å². The summed E-state index contributed by atoms with van der Waals surface area (Å²) in [5.41, 5.74) is 1.26. The van der Waals surface area contributed by atoms with E-state index in [0.717, 1.165) is 6.42 Å². The summed E-state index contributed by atoms with van der Waals surface area (Å²) in [7, 11) is 0. The molecule has 0 radical (unpaired) electrons. The Kier molecular flexibility index (Phi) is 17.7. The lowest BCUT2D eigenvalue weighted by Crippen LogP contribution is -1.75. The van der Waals surface area contributed by atoms with Crippen molar-refractivity contribution in [2.24, 2.45) is 0 Å². The first kappa shape index (κ1) is 20.6. The topological polar surface area (TPSA) is 20.2 Å². The van der Waals surface area contributed by atoms with Gasteiger partial charge in [0.05, 0.1) is 0 Å². The van der Waals surface area contributed by atoms with Gasteiger partial charge in [-0.3, -0.25) is 0 Å². The summed E-state index contributed by atoms with van der Waals surface area (Å²) in [4.78, 5) is 0. The Morgan fingerprint density at radius 3 is 1.25 bits per heavy atom. The molecule has 0 fully saturated rings. The molecule has 0 aliphatic carbocycles. The molecule has 0 spiro atoms. The third kappa shape index (κ3) is 14.3. The SMILES string of the molecule is CC.CCC.CCc1ccc(O)cc1.c1ccccc1. The Hall–Kier alpha value is -1.76. The second kappa shape index (κ2) is 17.2. The van der Waals surface area contributed by atoms with Crippen LogP contribution in [0.2, 0.25) is 0 Å². The van der Waals surface area contributed by atoms with E-state index >= 15 is 0 Å². The first-order valence-corrected chi connectivity index (χ1v) is 7.52. The Bertz CT molecular complexity index is 338. The molecule has 0 bridgehead atoms. The van der Waals surface area contributed by atoms with Gasteiger partial charge in [-0.1, -0.05) is 89.6 Å². The molecule has 0 heterocycles. The Morgan fingerprint density at radius 1 is 0.700 bits per heavy atom. The number of aryl methyl sites for hydroxylation is 1. The normalized spacial score (nSPS) is 7.85. The van der Waals surface area contributed by atoms with Gasteiger partial charge in [-0.15, -0.1) is 0 Å². The first-order chi connectivity index (χ1) is 9.74. The molecule has 1 N–H and O–H groups in total. The lowest BCUT2D eigenvalue weighted by atomic mass is 10.2. The molecule has 0 unspecified atom stereocenters. The molecule has 0 saturated carbocycles. The third-order valence-electron chi connectivity index (χ3n) is 2.01. The van der Waals surface area contributed by atoms with Crippen LogP contribution in [0, 0.1) is 0 Å². The zero-order valence-electron chi connectivity index (χ0n) is 13.6.